The van der Waals surface area contributed by atoms with Crippen LogP contribution >= 0.6 is 0 Å². The van der Waals surface area contributed by atoms with E-state index in [2.05, 4.69) is 6.58 Å². The highest BCUT2D eigenvalue weighted by atomic mass is 16.1. The summed E-state index contributed by atoms with van der Waals surface area (Å²) in [6.45, 7) is 3.94. The lowest BCUT2D eigenvalue weighted by atomic mass is 9.88. The van der Waals surface area contributed by atoms with Crippen molar-refractivity contribution in [3.63, 3.8) is 0 Å². The molecule has 0 aromatic heterocycles. The lowest BCUT2D eigenvalue weighted by Gasteiger charge is -2.14. The number of rotatable bonds is 0. The van der Waals surface area contributed by atoms with Gasteiger partial charge in [-0.3, -0.25) is 4.79 Å². The summed E-state index contributed by atoms with van der Waals surface area (Å²) in [6.07, 6.45) is 5.89. The van der Waals surface area contributed by atoms with Crippen molar-refractivity contribution in [2.75, 3.05) is 0 Å². The monoisotopic (exact) mass is 194 g/mol. The number of hydrogen-bond donors (Lipinski definition) is 0. The van der Waals surface area contributed by atoms with Gasteiger partial charge in [-0.1, -0.05) is 49.1 Å². The fourth-order valence-electron chi connectivity index (χ4n) is 2.33. The molecule has 0 heterocycles. The first kappa shape index (κ1) is 8.42. The Morgan fingerprint density at radius 2 is 1.87 bits per heavy atom. The van der Waals surface area contributed by atoms with E-state index in [1.165, 1.54) is 0 Å². The lowest BCUT2D eigenvalue weighted by Crippen LogP contribution is -2.11. The molecule has 2 aliphatic rings. The van der Waals surface area contributed by atoms with E-state index in [0.29, 0.717) is 0 Å². The lowest BCUT2D eigenvalue weighted by molar-refractivity contribution is 0.0973. The topological polar surface area (TPSA) is 17.1 Å². The number of carbonyl (C=O) groups is 1. The number of ketones is 1. The van der Waals surface area contributed by atoms with E-state index in [-0.39, 0.29) is 11.7 Å². The quantitative estimate of drug-likeness (QED) is 0.620. The minimum atomic E-state index is -0.132. The largest absolute Gasteiger partial charge is 0.293 e. The number of carbonyl (C=O) groups excluding carboxylic acids is 1. The number of allylic oxidation sites excluding steroid dienone is 5. The predicted molar refractivity (Wildman–Crippen MR) is 60.5 cm³/mol. The highest BCUT2D eigenvalue weighted by Crippen LogP contribution is 2.42. The predicted octanol–water partition coefficient (Wildman–Crippen LogP) is 3.01. The third-order valence-electron chi connectivity index (χ3n) is 3.03. The highest BCUT2D eigenvalue weighted by molar-refractivity contribution is 6.16. The molecule has 1 aromatic rings. The van der Waals surface area contributed by atoms with E-state index in [4.69, 9.17) is 0 Å². The highest BCUT2D eigenvalue weighted by Gasteiger charge is 2.36. The van der Waals surface area contributed by atoms with Crippen molar-refractivity contribution >= 4 is 11.4 Å². The Hall–Kier alpha value is -1.89. The molecule has 1 unspecified atom stereocenters. The van der Waals surface area contributed by atoms with Crippen molar-refractivity contribution < 1.29 is 4.79 Å². The maximum Gasteiger partial charge on any atom is 0.175 e. The van der Waals surface area contributed by atoms with Crippen molar-refractivity contribution in [3.8, 4) is 0 Å². The Bertz CT molecular complexity index is 532. The van der Waals surface area contributed by atoms with Crippen molar-refractivity contribution in [3.05, 3.63) is 65.8 Å². The fraction of sp³-hybridized carbons (Fsp3) is 0.0714. The Balaban J connectivity index is 2.29. The molecule has 0 saturated carbocycles. The fourth-order valence-corrected chi connectivity index (χ4v) is 2.33. The number of Topliss-reactive ketones (excluding diaryl/α,β-unsaturated/α-hetero) is 1. The standard InChI is InChI=1S/C14H10O/c1-9-5-4-8-11-10-6-2-3-7-12(10)14(15)13(9)11/h2-8,13H,1H2. The second-order valence-electron chi connectivity index (χ2n) is 3.90. The SMILES string of the molecule is C=C1C=CC=C2c3ccccc3C(=O)C12. The minimum Gasteiger partial charge on any atom is -0.293 e. The van der Waals surface area contributed by atoms with Gasteiger partial charge in [-0.25, -0.2) is 0 Å². The zero-order valence-corrected chi connectivity index (χ0v) is 8.23. The van der Waals surface area contributed by atoms with Gasteiger partial charge in [0, 0.05) is 5.56 Å². The van der Waals surface area contributed by atoms with E-state index >= 15 is 0 Å². The van der Waals surface area contributed by atoms with E-state index in [0.717, 1.165) is 22.3 Å². The van der Waals surface area contributed by atoms with Crippen LogP contribution in [-0.4, -0.2) is 5.78 Å². The molecular weight excluding hydrogens is 184 g/mol. The van der Waals surface area contributed by atoms with Gasteiger partial charge in [0.15, 0.2) is 5.78 Å². The maximum absolute atomic E-state index is 12.1. The molecule has 0 N–H and O–H groups in total. The first-order valence-electron chi connectivity index (χ1n) is 5.00. The van der Waals surface area contributed by atoms with Crippen LogP contribution in [-0.2, 0) is 0 Å². The number of fused-ring (bicyclic) bond motifs is 3. The average Bonchev–Trinajstić information content (AvgIpc) is 2.55. The Morgan fingerprint density at radius 1 is 1.13 bits per heavy atom. The second kappa shape index (κ2) is 2.80. The molecule has 0 fully saturated rings. The van der Waals surface area contributed by atoms with Crippen LogP contribution in [0.15, 0.2) is 54.6 Å². The zero-order valence-electron chi connectivity index (χ0n) is 8.23. The second-order valence-corrected chi connectivity index (χ2v) is 3.90. The average molecular weight is 194 g/mol. The summed E-state index contributed by atoms with van der Waals surface area (Å²) in [7, 11) is 0. The minimum absolute atomic E-state index is 0.132. The van der Waals surface area contributed by atoms with Gasteiger partial charge in [0.2, 0.25) is 0 Å². The first-order valence-corrected chi connectivity index (χ1v) is 5.00. The molecule has 3 rings (SSSR count). The van der Waals surface area contributed by atoms with Gasteiger partial charge in [-0.2, -0.15) is 0 Å². The number of benzene rings is 1. The van der Waals surface area contributed by atoms with Crippen LogP contribution in [0.4, 0.5) is 0 Å². The van der Waals surface area contributed by atoms with Crippen LogP contribution in [0.3, 0.4) is 0 Å². The maximum atomic E-state index is 12.1. The van der Waals surface area contributed by atoms with Gasteiger partial charge >= 0.3 is 0 Å². The van der Waals surface area contributed by atoms with Crippen LogP contribution in [0.2, 0.25) is 0 Å². The summed E-state index contributed by atoms with van der Waals surface area (Å²) in [5.74, 6) is 0.0543. The molecule has 0 radical (unpaired) electrons. The van der Waals surface area contributed by atoms with E-state index < -0.39 is 0 Å². The van der Waals surface area contributed by atoms with Crippen LogP contribution < -0.4 is 0 Å². The summed E-state index contributed by atoms with van der Waals surface area (Å²) in [5, 5.41) is 0. The van der Waals surface area contributed by atoms with Gasteiger partial charge in [-0.05, 0) is 16.7 Å². The third-order valence-corrected chi connectivity index (χ3v) is 3.03. The first-order chi connectivity index (χ1) is 7.29. The molecule has 1 nitrogen and oxygen atoms in total. The summed E-state index contributed by atoms with van der Waals surface area (Å²) < 4.78 is 0. The van der Waals surface area contributed by atoms with Crippen molar-refractivity contribution in [1.82, 2.24) is 0 Å². The summed E-state index contributed by atoms with van der Waals surface area (Å²) in [6, 6.07) is 7.77. The Kier molecular flexibility index (Phi) is 1.57. The third kappa shape index (κ3) is 1.00. The van der Waals surface area contributed by atoms with E-state index in [1.54, 1.807) is 0 Å². The molecule has 0 aliphatic heterocycles. The Labute approximate surface area is 88.4 Å². The smallest absolute Gasteiger partial charge is 0.175 e. The van der Waals surface area contributed by atoms with Crippen molar-refractivity contribution in [2.24, 2.45) is 5.92 Å². The van der Waals surface area contributed by atoms with Gasteiger partial charge in [0.1, 0.15) is 0 Å². The molecule has 0 saturated heterocycles. The van der Waals surface area contributed by atoms with E-state index in [9.17, 15) is 4.79 Å². The molecule has 72 valence electrons. The van der Waals surface area contributed by atoms with Crippen molar-refractivity contribution in [2.45, 2.75) is 0 Å². The van der Waals surface area contributed by atoms with Crippen LogP contribution in [0, 0.1) is 5.92 Å². The molecule has 1 atom stereocenters. The molecule has 2 aliphatic carbocycles. The zero-order chi connectivity index (χ0) is 10.4. The van der Waals surface area contributed by atoms with Crippen LogP contribution in [0.25, 0.3) is 5.57 Å². The van der Waals surface area contributed by atoms with Gasteiger partial charge in [-0.15, -0.1) is 0 Å². The van der Waals surface area contributed by atoms with Gasteiger partial charge < -0.3 is 0 Å². The van der Waals surface area contributed by atoms with Gasteiger partial charge in [0.25, 0.3) is 0 Å². The summed E-state index contributed by atoms with van der Waals surface area (Å²) >= 11 is 0. The molecule has 0 spiro atoms. The van der Waals surface area contributed by atoms with E-state index in [1.807, 2.05) is 42.5 Å². The molecule has 1 heteroatoms. The molecule has 0 bridgehead atoms. The summed E-state index contributed by atoms with van der Waals surface area (Å²) in [5.41, 5.74) is 3.90. The molecule has 0 amide bonds. The van der Waals surface area contributed by atoms with Crippen LogP contribution in [0.1, 0.15) is 15.9 Å². The molecule has 1 aromatic carbocycles. The number of hydrogen-bond acceptors (Lipinski definition) is 1. The van der Waals surface area contributed by atoms with Gasteiger partial charge in [0.05, 0.1) is 5.92 Å². The Morgan fingerprint density at radius 3 is 2.67 bits per heavy atom. The molecule has 15 heavy (non-hydrogen) atoms. The van der Waals surface area contributed by atoms with Crippen molar-refractivity contribution in [1.29, 1.82) is 0 Å². The summed E-state index contributed by atoms with van der Waals surface area (Å²) in [4.78, 5) is 12.1. The normalized spacial score (nSPS) is 22.4. The van der Waals surface area contributed by atoms with Crippen LogP contribution in [0.5, 0.6) is 0 Å². The molecular formula is C14H10O.